The number of ether oxygens (including phenoxy) is 1. The number of unbranched alkanes of at least 4 members (excludes halogenated alkanes) is 1. The highest BCUT2D eigenvalue weighted by molar-refractivity contribution is 7.92. The van der Waals surface area contributed by atoms with Gasteiger partial charge in [-0.1, -0.05) is 31.5 Å². The molecule has 3 N–H and O–H groups in total. The lowest BCUT2D eigenvalue weighted by Crippen LogP contribution is -2.30. The van der Waals surface area contributed by atoms with Crippen molar-refractivity contribution in [1.82, 2.24) is 15.3 Å². The van der Waals surface area contributed by atoms with E-state index < -0.39 is 26.8 Å². The number of sulfonamides is 1. The summed E-state index contributed by atoms with van der Waals surface area (Å²) in [4.78, 5) is 43.2. The molecule has 0 saturated heterocycles. The lowest BCUT2D eigenvalue weighted by atomic mass is 10.2. The number of aromatic nitrogens is 2. The number of nitro groups is 1. The number of amides is 1. The molecule has 13 nitrogen and oxygen atoms in total. The minimum Gasteiger partial charge on any atom is -0.464 e. The molecule has 1 heterocycles. The summed E-state index contributed by atoms with van der Waals surface area (Å²) in [6.45, 7) is 2.01. The van der Waals surface area contributed by atoms with Crippen LogP contribution in [-0.2, 0) is 19.6 Å². The van der Waals surface area contributed by atoms with Crippen LogP contribution in [0.5, 0.6) is 0 Å². The molecule has 0 spiro atoms. The van der Waals surface area contributed by atoms with E-state index in [0.717, 1.165) is 18.9 Å². The van der Waals surface area contributed by atoms with Crippen LogP contribution in [0.3, 0.4) is 0 Å². The molecule has 0 atom stereocenters. The van der Waals surface area contributed by atoms with Crippen LogP contribution in [0.2, 0.25) is 0 Å². The molecule has 0 aliphatic heterocycles. The molecular weight excluding hydrogens is 552 g/mol. The molecule has 0 unspecified atom stereocenters. The summed E-state index contributed by atoms with van der Waals surface area (Å²) >= 11 is 0. The molecule has 41 heavy (non-hydrogen) atoms. The molecule has 4 rings (SSSR count). The predicted molar refractivity (Wildman–Crippen MR) is 151 cm³/mol. The fourth-order valence-electron chi connectivity index (χ4n) is 3.59. The van der Waals surface area contributed by atoms with Gasteiger partial charge in [0.15, 0.2) is 11.6 Å². The van der Waals surface area contributed by atoms with E-state index in [9.17, 15) is 28.1 Å². The summed E-state index contributed by atoms with van der Waals surface area (Å²) < 4.78 is 33.6. The maximum Gasteiger partial charge on any atom is 0.325 e. The Kier molecular flexibility index (Phi) is 9.04. The third kappa shape index (κ3) is 7.51. The van der Waals surface area contributed by atoms with Gasteiger partial charge in [-0.3, -0.25) is 24.4 Å². The second-order valence-corrected chi connectivity index (χ2v) is 10.4. The van der Waals surface area contributed by atoms with Gasteiger partial charge in [0, 0.05) is 23.4 Å². The third-order valence-electron chi connectivity index (χ3n) is 5.70. The van der Waals surface area contributed by atoms with Gasteiger partial charge in [-0.05, 0) is 48.9 Å². The number of carbonyl (C=O) groups excluding carboxylic acids is 2. The standard InChI is InChI=1S/C27H26N6O7S/c1-2-3-15-40-24(34)17-28-27(35)18-11-13-19(14-12-18)29-25-26(31-23-10-5-4-9-22(23)30-25)32-41(38,39)21-8-6-7-20(16-21)33(36)37/h4-14,16H,2-3,15,17H2,1H3,(H,28,35)(H,29,30)(H,31,32). The first kappa shape index (κ1) is 28.9. The van der Waals surface area contributed by atoms with Gasteiger partial charge in [0.1, 0.15) is 6.54 Å². The van der Waals surface area contributed by atoms with Crippen LogP contribution in [0.4, 0.5) is 23.0 Å². The van der Waals surface area contributed by atoms with Crippen molar-refractivity contribution in [2.24, 2.45) is 0 Å². The topological polar surface area (TPSA) is 183 Å². The van der Waals surface area contributed by atoms with E-state index in [1.54, 1.807) is 36.4 Å². The average molecular weight is 579 g/mol. The number of carbonyl (C=O) groups is 2. The van der Waals surface area contributed by atoms with Gasteiger partial charge in [0.05, 0.1) is 27.5 Å². The minimum absolute atomic E-state index is 0.0599. The van der Waals surface area contributed by atoms with E-state index >= 15 is 0 Å². The number of benzene rings is 3. The first-order chi connectivity index (χ1) is 19.7. The number of esters is 1. The van der Waals surface area contributed by atoms with Crippen LogP contribution in [0.1, 0.15) is 30.1 Å². The Balaban J connectivity index is 1.54. The smallest absolute Gasteiger partial charge is 0.325 e. The number of non-ortho nitro benzene ring substituents is 1. The fourth-order valence-corrected chi connectivity index (χ4v) is 4.63. The minimum atomic E-state index is -4.28. The highest BCUT2D eigenvalue weighted by atomic mass is 32.2. The van der Waals surface area contributed by atoms with Crippen molar-refractivity contribution in [2.45, 2.75) is 24.7 Å². The zero-order chi connectivity index (χ0) is 29.4. The maximum absolute atomic E-state index is 13.1. The lowest BCUT2D eigenvalue weighted by molar-refractivity contribution is -0.385. The Morgan fingerprint density at radius 3 is 2.29 bits per heavy atom. The largest absolute Gasteiger partial charge is 0.464 e. The number of fused-ring (bicyclic) bond motifs is 1. The molecule has 1 aromatic heterocycles. The van der Waals surface area contributed by atoms with E-state index in [1.165, 1.54) is 30.3 Å². The Morgan fingerprint density at radius 1 is 0.951 bits per heavy atom. The van der Waals surface area contributed by atoms with Crippen molar-refractivity contribution in [1.29, 1.82) is 0 Å². The molecular formula is C27H26N6O7S. The number of rotatable bonds is 12. The summed E-state index contributed by atoms with van der Waals surface area (Å²) in [6, 6.07) is 17.6. The van der Waals surface area contributed by atoms with Crippen LogP contribution < -0.4 is 15.4 Å². The van der Waals surface area contributed by atoms with Crippen LogP contribution in [-0.4, -0.2) is 48.3 Å². The lowest BCUT2D eigenvalue weighted by Gasteiger charge is -2.14. The molecule has 0 saturated carbocycles. The van der Waals surface area contributed by atoms with Crippen molar-refractivity contribution >= 4 is 55.9 Å². The highest BCUT2D eigenvalue weighted by Gasteiger charge is 2.21. The normalized spacial score (nSPS) is 11.0. The van der Waals surface area contributed by atoms with E-state index in [1.807, 2.05) is 6.92 Å². The van der Waals surface area contributed by atoms with Crippen LogP contribution in [0.25, 0.3) is 11.0 Å². The zero-order valence-electron chi connectivity index (χ0n) is 21.9. The molecule has 0 aliphatic rings. The van der Waals surface area contributed by atoms with Gasteiger partial charge in [-0.2, -0.15) is 0 Å². The van der Waals surface area contributed by atoms with Crippen molar-refractivity contribution in [3.63, 3.8) is 0 Å². The molecule has 212 valence electrons. The van der Waals surface area contributed by atoms with Crippen LogP contribution >= 0.6 is 0 Å². The Morgan fingerprint density at radius 2 is 1.63 bits per heavy atom. The van der Waals surface area contributed by atoms with E-state index in [2.05, 4.69) is 25.3 Å². The molecule has 0 aliphatic carbocycles. The number of nitrogens with one attached hydrogen (secondary N) is 3. The SMILES string of the molecule is CCCCOC(=O)CNC(=O)c1ccc(Nc2nc3ccccc3nc2NS(=O)(=O)c2cccc([N+](=O)[O-])c2)cc1. The van der Waals surface area contributed by atoms with Gasteiger partial charge in [0.2, 0.25) is 0 Å². The monoisotopic (exact) mass is 578 g/mol. The number of nitrogens with zero attached hydrogens (tertiary/aromatic N) is 3. The van der Waals surface area contributed by atoms with Crippen LogP contribution in [0, 0.1) is 10.1 Å². The molecule has 14 heteroatoms. The zero-order valence-corrected chi connectivity index (χ0v) is 22.7. The average Bonchev–Trinajstić information content (AvgIpc) is 2.96. The number of hydrogen-bond donors (Lipinski definition) is 3. The Bertz CT molecular complexity index is 1690. The first-order valence-electron chi connectivity index (χ1n) is 12.5. The maximum atomic E-state index is 13.1. The quantitative estimate of drug-likeness (QED) is 0.0955. The summed E-state index contributed by atoms with van der Waals surface area (Å²) in [5, 5.41) is 16.6. The van der Waals surface area contributed by atoms with E-state index in [4.69, 9.17) is 4.74 Å². The van der Waals surface area contributed by atoms with Crippen molar-refractivity contribution in [3.8, 4) is 0 Å². The summed E-state index contributed by atoms with van der Waals surface area (Å²) in [6.07, 6.45) is 1.63. The van der Waals surface area contributed by atoms with Gasteiger partial charge >= 0.3 is 5.97 Å². The fraction of sp³-hybridized carbons (Fsp3) is 0.185. The van der Waals surface area contributed by atoms with E-state index in [-0.39, 0.29) is 34.3 Å². The molecule has 0 radical (unpaired) electrons. The number of anilines is 3. The molecule has 1 amide bonds. The Labute approximate surface area is 235 Å². The molecule has 3 aromatic carbocycles. The van der Waals surface area contributed by atoms with Crippen molar-refractivity contribution in [2.75, 3.05) is 23.2 Å². The van der Waals surface area contributed by atoms with Crippen molar-refractivity contribution in [3.05, 3.63) is 88.5 Å². The molecule has 4 aromatic rings. The summed E-state index contributed by atoms with van der Waals surface area (Å²) in [5.74, 6) is -1.08. The molecule has 0 fully saturated rings. The van der Waals surface area contributed by atoms with E-state index in [0.29, 0.717) is 23.3 Å². The van der Waals surface area contributed by atoms with Crippen molar-refractivity contribution < 1.29 is 27.7 Å². The second kappa shape index (κ2) is 12.8. The van der Waals surface area contributed by atoms with Crippen LogP contribution in [0.15, 0.2) is 77.7 Å². The predicted octanol–water partition coefficient (Wildman–Crippen LogP) is 4.16. The number of hydrogen-bond acceptors (Lipinski definition) is 10. The highest BCUT2D eigenvalue weighted by Crippen LogP contribution is 2.28. The third-order valence-corrected chi connectivity index (χ3v) is 7.04. The number of nitro benzene ring substituents is 1. The first-order valence-corrected chi connectivity index (χ1v) is 14.0. The van der Waals surface area contributed by atoms with Gasteiger partial charge in [-0.25, -0.2) is 18.4 Å². The molecule has 0 bridgehead atoms. The van der Waals surface area contributed by atoms with Gasteiger partial charge < -0.3 is 15.4 Å². The number of para-hydroxylation sites is 2. The summed E-state index contributed by atoms with van der Waals surface area (Å²) in [7, 11) is -4.28. The second-order valence-electron chi connectivity index (χ2n) is 8.73. The Hall–Kier alpha value is -5.11. The summed E-state index contributed by atoms with van der Waals surface area (Å²) in [5.41, 5.74) is 1.26. The van der Waals surface area contributed by atoms with Gasteiger partial charge in [-0.15, -0.1) is 0 Å². The van der Waals surface area contributed by atoms with Gasteiger partial charge in [0.25, 0.3) is 21.6 Å².